The molecule has 0 radical (unpaired) electrons. The zero-order valence-electron chi connectivity index (χ0n) is 19.4. The van der Waals surface area contributed by atoms with Crippen LogP contribution in [-0.4, -0.2) is 62.0 Å². The highest BCUT2D eigenvalue weighted by Crippen LogP contribution is 2.36. The fraction of sp³-hybridized carbons (Fsp3) is 0.360. The van der Waals surface area contributed by atoms with Crippen LogP contribution in [0.2, 0.25) is 5.02 Å². The summed E-state index contributed by atoms with van der Waals surface area (Å²) in [4.78, 5) is 22.3. The molecule has 0 N–H and O–H groups in total. The summed E-state index contributed by atoms with van der Waals surface area (Å²) < 4.78 is 17.2. The van der Waals surface area contributed by atoms with Crippen molar-refractivity contribution in [1.82, 2.24) is 9.88 Å². The van der Waals surface area contributed by atoms with E-state index in [1.807, 2.05) is 37.3 Å². The number of morpholine rings is 1. The van der Waals surface area contributed by atoms with Crippen LogP contribution in [0.5, 0.6) is 11.5 Å². The Bertz CT molecular complexity index is 1190. The summed E-state index contributed by atoms with van der Waals surface area (Å²) in [5.74, 6) is 1.29. The zero-order chi connectivity index (χ0) is 23.5. The van der Waals surface area contributed by atoms with Crippen molar-refractivity contribution in [2.45, 2.75) is 13.3 Å². The first-order valence-corrected chi connectivity index (χ1v) is 12.5. The van der Waals surface area contributed by atoms with Crippen LogP contribution in [0.25, 0.3) is 16.3 Å². The predicted octanol–water partition coefficient (Wildman–Crippen LogP) is 5.18. The maximum absolute atomic E-state index is 13.4. The minimum absolute atomic E-state index is 0. The summed E-state index contributed by atoms with van der Waals surface area (Å²) in [6.45, 7) is 7.07. The number of fused-ring (bicyclic) bond motifs is 2. The molecule has 0 atom stereocenters. The van der Waals surface area contributed by atoms with E-state index in [9.17, 15) is 4.79 Å². The number of anilines is 1. The zero-order valence-corrected chi connectivity index (χ0v) is 21.8. The molecule has 0 spiro atoms. The summed E-state index contributed by atoms with van der Waals surface area (Å²) in [5.41, 5.74) is 2.76. The Kier molecular flexibility index (Phi) is 8.51. The molecule has 3 heterocycles. The standard InChI is InChI=1S/C25H26ClN3O4S.ClH/c1-17-3-6-19(26)24-23(17)27-25(34-24)29(10-2-9-28-11-13-31-14-12-28)22(30)8-5-18-4-7-20-21(15-18)33-16-32-20;/h3-8,15H,2,9-14,16H2,1H3;1H/b8-5+;. The van der Waals surface area contributed by atoms with Gasteiger partial charge in [0.15, 0.2) is 16.6 Å². The molecule has 1 saturated heterocycles. The normalized spacial score (nSPS) is 15.5. The molecule has 0 unspecified atom stereocenters. The van der Waals surface area contributed by atoms with Gasteiger partial charge in [-0.05, 0) is 48.7 Å². The van der Waals surface area contributed by atoms with Crippen LogP contribution in [0, 0.1) is 6.92 Å². The lowest BCUT2D eigenvalue weighted by atomic mass is 10.2. The van der Waals surface area contributed by atoms with Gasteiger partial charge in [0.1, 0.15) is 0 Å². The summed E-state index contributed by atoms with van der Waals surface area (Å²) in [7, 11) is 0. The number of hydrogen-bond acceptors (Lipinski definition) is 7. The average molecular weight is 536 g/mol. The number of rotatable bonds is 7. The van der Waals surface area contributed by atoms with Gasteiger partial charge in [0.25, 0.3) is 5.91 Å². The van der Waals surface area contributed by atoms with Gasteiger partial charge in [0.2, 0.25) is 6.79 Å². The fourth-order valence-corrected chi connectivity index (χ4v) is 5.41. The third kappa shape index (κ3) is 5.90. The molecule has 0 aliphatic carbocycles. The van der Waals surface area contributed by atoms with Crippen LogP contribution in [0.4, 0.5) is 5.13 Å². The Hall–Kier alpha value is -2.36. The van der Waals surface area contributed by atoms with Crippen LogP contribution in [0.15, 0.2) is 36.4 Å². The minimum atomic E-state index is -0.118. The van der Waals surface area contributed by atoms with Crippen molar-refractivity contribution in [3.8, 4) is 11.5 Å². The number of carbonyl (C=O) groups excluding carboxylic acids is 1. The van der Waals surface area contributed by atoms with E-state index in [1.165, 1.54) is 11.3 Å². The smallest absolute Gasteiger partial charge is 0.252 e. The van der Waals surface area contributed by atoms with Gasteiger partial charge < -0.3 is 14.2 Å². The first kappa shape index (κ1) is 25.7. The minimum Gasteiger partial charge on any atom is -0.454 e. The Balaban J connectivity index is 0.00000289. The quantitative estimate of drug-likeness (QED) is 0.388. The molecule has 0 bridgehead atoms. The van der Waals surface area contributed by atoms with Crippen LogP contribution >= 0.6 is 35.3 Å². The molecular formula is C25H27Cl2N3O4S. The number of ether oxygens (including phenoxy) is 3. The Morgan fingerprint density at radius 1 is 1.20 bits per heavy atom. The third-order valence-corrected chi connectivity index (χ3v) is 7.50. The van der Waals surface area contributed by atoms with Crippen LogP contribution in [0.3, 0.4) is 0 Å². The Morgan fingerprint density at radius 3 is 2.80 bits per heavy atom. The Morgan fingerprint density at radius 2 is 2.00 bits per heavy atom. The summed E-state index contributed by atoms with van der Waals surface area (Å²) in [5, 5.41) is 1.31. The van der Waals surface area contributed by atoms with Crippen molar-refractivity contribution < 1.29 is 19.0 Å². The van der Waals surface area contributed by atoms with E-state index in [-0.39, 0.29) is 25.1 Å². The number of carbonyl (C=O) groups is 1. The third-order valence-electron chi connectivity index (χ3n) is 5.96. The van der Waals surface area contributed by atoms with E-state index in [2.05, 4.69) is 4.90 Å². The Labute approximate surface area is 219 Å². The fourth-order valence-electron chi connectivity index (χ4n) is 4.06. The number of hydrogen-bond donors (Lipinski definition) is 0. The number of nitrogens with zero attached hydrogens (tertiary/aromatic N) is 3. The lowest BCUT2D eigenvalue weighted by Gasteiger charge is -2.27. The number of benzene rings is 2. The van der Waals surface area contributed by atoms with Gasteiger partial charge in [-0.15, -0.1) is 12.4 Å². The van der Waals surface area contributed by atoms with Crippen molar-refractivity contribution in [2.75, 3.05) is 51.1 Å². The van der Waals surface area contributed by atoms with Gasteiger partial charge in [-0.3, -0.25) is 14.6 Å². The molecule has 0 saturated carbocycles. The molecular weight excluding hydrogens is 509 g/mol. The van der Waals surface area contributed by atoms with Gasteiger partial charge in [0.05, 0.1) is 28.5 Å². The van der Waals surface area contributed by atoms with Crippen LogP contribution in [0.1, 0.15) is 17.5 Å². The van der Waals surface area contributed by atoms with Gasteiger partial charge in [-0.1, -0.05) is 35.1 Å². The number of halogens is 2. The van der Waals surface area contributed by atoms with Crippen molar-refractivity contribution >= 4 is 62.7 Å². The second kappa shape index (κ2) is 11.6. The number of aryl methyl sites for hydroxylation is 1. The van der Waals surface area contributed by atoms with Crippen LogP contribution in [-0.2, 0) is 9.53 Å². The second-order valence-corrected chi connectivity index (χ2v) is 9.67. The highest BCUT2D eigenvalue weighted by molar-refractivity contribution is 7.23. The van der Waals surface area contributed by atoms with E-state index >= 15 is 0 Å². The molecule has 35 heavy (non-hydrogen) atoms. The number of thiazole rings is 1. The SMILES string of the molecule is Cc1ccc(Cl)c2sc(N(CCCN3CCOCC3)C(=O)/C=C/c3ccc4c(c3)OCO4)nc12.Cl. The van der Waals surface area contributed by atoms with E-state index < -0.39 is 0 Å². The highest BCUT2D eigenvalue weighted by Gasteiger charge is 2.21. The first-order valence-electron chi connectivity index (χ1n) is 11.3. The van der Waals surface area contributed by atoms with E-state index in [1.54, 1.807) is 17.1 Å². The van der Waals surface area contributed by atoms with Crippen LogP contribution < -0.4 is 14.4 Å². The van der Waals surface area contributed by atoms with Gasteiger partial charge in [0, 0.05) is 32.3 Å². The molecule has 7 nitrogen and oxygen atoms in total. The van der Waals surface area contributed by atoms with E-state index in [0.29, 0.717) is 22.4 Å². The summed E-state index contributed by atoms with van der Waals surface area (Å²) in [6, 6.07) is 9.46. The van der Waals surface area contributed by atoms with E-state index in [4.69, 9.17) is 30.8 Å². The lowest BCUT2D eigenvalue weighted by molar-refractivity contribution is -0.114. The number of aromatic nitrogens is 1. The lowest BCUT2D eigenvalue weighted by Crippen LogP contribution is -2.39. The monoisotopic (exact) mass is 535 g/mol. The maximum atomic E-state index is 13.4. The van der Waals surface area contributed by atoms with Gasteiger partial charge in [-0.25, -0.2) is 4.98 Å². The second-order valence-electron chi connectivity index (χ2n) is 8.28. The summed E-state index contributed by atoms with van der Waals surface area (Å²) >= 11 is 7.89. The highest BCUT2D eigenvalue weighted by atomic mass is 35.5. The molecule has 1 aromatic heterocycles. The molecule has 2 aliphatic rings. The predicted molar refractivity (Wildman–Crippen MR) is 142 cm³/mol. The molecule has 1 amide bonds. The average Bonchev–Trinajstić information content (AvgIpc) is 3.51. The van der Waals surface area contributed by atoms with Gasteiger partial charge in [-0.2, -0.15) is 0 Å². The molecule has 2 aliphatic heterocycles. The largest absolute Gasteiger partial charge is 0.454 e. The molecule has 10 heteroatoms. The van der Waals surface area contributed by atoms with Crippen molar-refractivity contribution in [2.24, 2.45) is 0 Å². The molecule has 1 fully saturated rings. The molecule has 186 valence electrons. The molecule has 5 rings (SSSR count). The van der Waals surface area contributed by atoms with E-state index in [0.717, 1.165) is 66.4 Å². The molecule has 2 aromatic carbocycles. The van der Waals surface area contributed by atoms with Crippen molar-refractivity contribution in [3.63, 3.8) is 0 Å². The topological polar surface area (TPSA) is 64.1 Å². The maximum Gasteiger partial charge on any atom is 0.252 e. The van der Waals surface area contributed by atoms with Gasteiger partial charge >= 0.3 is 0 Å². The number of amides is 1. The summed E-state index contributed by atoms with van der Waals surface area (Å²) in [6.07, 6.45) is 4.23. The first-order chi connectivity index (χ1) is 16.6. The molecule has 3 aromatic rings. The van der Waals surface area contributed by atoms with Crippen molar-refractivity contribution in [1.29, 1.82) is 0 Å². The van der Waals surface area contributed by atoms with Crippen molar-refractivity contribution in [3.05, 3.63) is 52.6 Å².